The summed E-state index contributed by atoms with van der Waals surface area (Å²) in [6.07, 6.45) is 4.22. The number of aromatic nitrogens is 2. The van der Waals surface area contributed by atoms with E-state index in [1.54, 1.807) is 12.3 Å². The summed E-state index contributed by atoms with van der Waals surface area (Å²) >= 11 is 3.45. The summed E-state index contributed by atoms with van der Waals surface area (Å²) in [5.41, 5.74) is 0.284. The molecule has 3 nitrogen and oxygen atoms in total. The van der Waals surface area contributed by atoms with Gasteiger partial charge in [0.25, 0.3) is 0 Å². The highest BCUT2D eigenvalue weighted by molar-refractivity contribution is 9.09. The summed E-state index contributed by atoms with van der Waals surface area (Å²) in [7, 11) is 0. The lowest BCUT2D eigenvalue weighted by Crippen LogP contribution is -2.21. The zero-order chi connectivity index (χ0) is 12.4. The maximum absolute atomic E-state index is 13.5. The van der Waals surface area contributed by atoms with Gasteiger partial charge in [-0.25, -0.2) is 4.39 Å². The molecule has 17 heavy (non-hydrogen) atoms. The standard InChI is InChI=1S/C12H12BrFN2O/c1-7(13)8(2)17-11-3-4-16-12-9(11)5-15-6-10(12)14/h3-8H,1-2H3/t7-,8?/m0/s1. The molecule has 0 saturated carbocycles. The highest BCUT2D eigenvalue weighted by atomic mass is 79.9. The molecule has 0 aromatic carbocycles. The van der Waals surface area contributed by atoms with E-state index in [-0.39, 0.29) is 16.4 Å². The molecule has 2 atom stereocenters. The van der Waals surface area contributed by atoms with Crippen LogP contribution in [-0.4, -0.2) is 20.9 Å². The molecular weight excluding hydrogens is 287 g/mol. The fourth-order valence-corrected chi connectivity index (χ4v) is 1.51. The molecule has 0 N–H and O–H groups in total. The van der Waals surface area contributed by atoms with Gasteiger partial charge in [-0.3, -0.25) is 9.97 Å². The first-order chi connectivity index (χ1) is 8.09. The van der Waals surface area contributed by atoms with Crippen LogP contribution in [0.1, 0.15) is 13.8 Å². The summed E-state index contributed by atoms with van der Waals surface area (Å²) < 4.78 is 19.2. The highest BCUT2D eigenvalue weighted by Gasteiger charge is 2.13. The Morgan fingerprint density at radius 3 is 2.82 bits per heavy atom. The van der Waals surface area contributed by atoms with E-state index in [2.05, 4.69) is 25.9 Å². The second kappa shape index (κ2) is 4.96. The summed E-state index contributed by atoms with van der Waals surface area (Å²) in [4.78, 5) is 8.01. The quantitative estimate of drug-likeness (QED) is 0.816. The molecule has 0 amide bonds. The molecule has 0 bridgehead atoms. The van der Waals surface area contributed by atoms with Gasteiger partial charge < -0.3 is 4.74 Å². The lowest BCUT2D eigenvalue weighted by molar-refractivity contribution is 0.227. The number of fused-ring (bicyclic) bond motifs is 1. The predicted molar refractivity (Wildman–Crippen MR) is 68.0 cm³/mol. The number of hydrogen-bond acceptors (Lipinski definition) is 3. The summed E-state index contributed by atoms with van der Waals surface area (Å²) in [5, 5.41) is 0.590. The molecule has 5 heteroatoms. The van der Waals surface area contributed by atoms with Crippen LogP contribution in [0.15, 0.2) is 24.7 Å². The molecule has 2 rings (SSSR count). The average Bonchev–Trinajstić information content (AvgIpc) is 2.30. The Balaban J connectivity index is 2.44. The number of ether oxygens (including phenoxy) is 1. The Morgan fingerprint density at radius 1 is 1.35 bits per heavy atom. The van der Waals surface area contributed by atoms with E-state index in [4.69, 9.17) is 4.74 Å². The lowest BCUT2D eigenvalue weighted by atomic mass is 10.2. The first kappa shape index (κ1) is 12.2. The smallest absolute Gasteiger partial charge is 0.167 e. The van der Waals surface area contributed by atoms with Gasteiger partial charge in [0.15, 0.2) is 5.82 Å². The second-order valence-corrected chi connectivity index (χ2v) is 5.27. The van der Waals surface area contributed by atoms with Crippen molar-refractivity contribution in [1.29, 1.82) is 0 Å². The lowest BCUT2D eigenvalue weighted by Gasteiger charge is -2.17. The van der Waals surface area contributed by atoms with E-state index in [0.29, 0.717) is 11.1 Å². The second-order valence-electron chi connectivity index (χ2n) is 3.83. The molecule has 0 spiro atoms. The molecule has 0 radical (unpaired) electrons. The van der Waals surface area contributed by atoms with Crippen molar-refractivity contribution in [3.63, 3.8) is 0 Å². The summed E-state index contributed by atoms with van der Waals surface area (Å²) in [6, 6.07) is 1.72. The number of pyridine rings is 2. The maximum Gasteiger partial charge on any atom is 0.167 e. The number of nitrogens with zero attached hydrogens (tertiary/aromatic N) is 2. The van der Waals surface area contributed by atoms with Crippen molar-refractivity contribution in [1.82, 2.24) is 9.97 Å². The van der Waals surface area contributed by atoms with Gasteiger partial charge in [0.2, 0.25) is 0 Å². The number of rotatable bonds is 3. The van der Waals surface area contributed by atoms with Crippen molar-refractivity contribution in [2.24, 2.45) is 0 Å². The molecule has 90 valence electrons. The van der Waals surface area contributed by atoms with Crippen LogP contribution >= 0.6 is 15.9 Å². The van der Waals surface area contributed by atoms with Gasteiger partial charge in [0.1, 0.15) is 17.4 Å². The van der Waals surface area contributed by atoms with Crippen LogP contribution in [0.4, 0.5) is 4.39 Å². The van der Waals surface area contributed by atoms with Crippen LogP contribution in [-0.2, 0) is 0 Å². The van der Waals surface area contributed by atoms with Gasteiger partial charge in [0.05, 0.1) is 11.6 Å². The number of alkyl halides is 1. The third-order valence-electron chi connectivity index (χ3n) is 2.53. The molecule has 0 aliphatic carbocycles. The third kappa shape index (κ3) is 2.54. The molecule has 0 aliphatic heterocycles. The Kier molecular flexibility index (Phi) is 3.57. The third-order valence-corrected chi connectivity index (χ3v) is 3.27. The largest absolute Gasteiger partial charge is 0.489 e. The van der Waals surface area contributed by atoms with Gasteiger partial charge in [0, 0.05) is 17.2 Å². The minimum atomic E-state index is -0.438. The number of halogens is 2. The zero-order valence-corrected chi connectivity index (χ0v) is 11.1. The van der Waals surface area contributed by atoms with Crippen LogP contribution < -0.4 is 4.74 Å². The van der Waals surface area contributed by atoms with Crippen LogP contribution in [0, 0.1) is 5.82 Å². The molecule has 1 unspecified atom stereocenters. The Bertz CT molecular complexity index is 533. The predicted octanol–water partition coefficient (Wildman–Crippen LogP) is 3.32. The molecule has 2 aromatic heterocycles. The SMILES string of the molecule is CC(Oc1ccnc2c(F)cncc12)[C@H](C)Br. The van der Waals surface area contributed by atoms with E-state index in [9.17, 15) is 4.39 Å². The fourth-order valence-electron chi connectivity index (χ4n) is 1.41. The van der Waals surface area contributed by atoms with E-state index < -0.39 is 5.82 Å². The molecule has 0 fully saturated rings. The van der Waals surface area contributed by atoms with Crippen LogP contribution in [0.3, 0.4) is 0 Å². The normalized spacial score (nSPS) is 14.6. The zero-order valence-electron chi connectivity index (χ0n) is 9.52. The van der Waals surface area contributed by atoms with E-state index in [0.717, 1.165) is 6.20 Å². The van der Waals surface area contributed by atoms with E-state index in [1.165, 1.54) is 6.20 Å². The van der Waals surface area contributed by atoms with Crippen molar-refractivity contribution in [2.75, 3.05) is 0 Å². The monoisotopic (exact) mass is 298 g/mol. The first-order valence-corrected chi connectivity index (χ1v) is 6.20. The van der Waals surface area contributed by atoms with Gasteiger partial charge in [-0.1, -0.05) is 15.9 Å². The first-order valence-electron chi connectivity index (χ1n) is 5.28. The summed E-state index contributed by atoms with van der Waals surface area (Å²) in [6.45, 7) is 3.94. The van der Waals surface area contributed by atoms with E-state index in [1.807, 2.05) is 13.8 Å². The Hall–Kier alpha value is -1.23. The van der Waals surface area contributed by atoms with Crippen molar-refractivity contribution in [3.8, 4) is 5.75 Å². The van der Waals surface area contributed by atoms with Crippen molar-refractivity contribution in [3.05, 3.63) is 30.5 Å². The Morgan fingerprint density at radius 2 is 2.12 bits per heavy atom. The number of hydrogen-bond donors (Lipinski definition) is 0. The minimum absolute atomic E-state index is 0.0242. The minimum Gasteiger partial charge on any atom is -0.489 e. The van der Waals surface area contributed by atoms with Crippen LogP contribution in [0.25, 0.3) is 10.9 Å². The van der Waals surface area contributed by atoms with Crippen molar-refractivity contribution in [2.45, 2.75) is 24.8 Å². The Labute approximate surface area is 107 Å². The van der Waals surface area contributed by atoms with Crippen LogP contribution in [0.2, 0.25) is 0 Å². The highest BCUT2D eigenvalue weighted by Crippen LogP contribution is 2.26. The molecule has 2 heterocycles. The van der Waals surface area contributed by atoms with Crippen molar-refractivity contribution >= 4 is 26.8 Å². The van der Waals surface area contributed by atoms with Gasteiger partial charge in [-0.05, 0) is 19.9 Å². The van der Waals surface area contributed by atoms with Gasteiger partial charge in [-0.2, -0.15) is 0 Å². The van der Waals surface area contributed by atoms with Crippen molar-refractivity contribution < 1.29 is 9.13 Å². The van der Waals surface area contributed by atoms with Gasteiger partial charge in [-0.15, -0.1) is 0 Å². The molecular formula is C12H12BrFN2O. The van der Waals surface area contributed by atoms with E-state index >= 15 is 0 Å². The summed E-state index contributed by atoms with van der Waals surface area (Å²) in [5.74, 6) is 0.160. The van der Waals surface area contributed by atoms with Crippen LogP contribution in [0.5, 0.6) is 5.75 Å². The molecule has 0 saturated heterocycles. The molecule has 0 aliphatic rings. The van der Waals surface area contributed by atoms with Gasteiger partial charge >= 0.3 is 0 Å². The topological polar surface area (TPSA) is 35.0 Å². The fraction of sp³-hybridized carbons (Fsp3) is 0.333. The average molecular weight is 299 g/mol. The molecule has 2 aromatic rings. The maximum atomic E-state index is 13.5.